The van der Waals surface area contributed by atoms with Gasteiger partial charge >= 0.3 is 0 Å². The van der Waals surface area contributed by atoms with Crippen LogP contribution in [0.5, 0.6) is 0 Å². The van der Waals surface area contributed by atoms with Crippen LogP contribution in [0.25, 0.3) is 0 Å². The van der Waals surface area contributed by atoms with Gasteiger partial charge in [0.05, 0.1) is 4.34 Å². The van der Waals surface area contributed by atoms with E-state index in [1.54, 1.807) is 11.3 Å². The molecule has 1 aromatic rings. The summed E-state index contributed by atoms with van der Waals surface area (Å²) in [6.07, 6.45) is 5.01. The molecule has 3 heteroatoms. The van der Waals surface area contributed by atoms with Crippen LogP contribution in [-0.4, -0.2) is 6.04 Å². The largest absolute Gasteiger partial charge is 0.307 e. The molecule has 0 fully saturated rings. The average Bonchev–Trinajstić information content (AvgIpc) is 2.65. The highest BCUT2D eigenvalue weighted by atomic mass is 35.5. The molecule has 0 aliphatic rings. The molecule has 0 saturated carbocycles. The fourth-order valence-electron chi connectivity index (χ4n) is 2.00. The first-order chi connectivity index (χ1) is 7.67. The lowest BCUT2D eigenvalue weighted by Gasteiger charge is -2.22. The van der Waals surface area contributed by atoms with Crippen molar-refractivity contribution >= 4 is 22.9 Å². The summed E-state index contributed by atoms with van der Waals surface area (Å²) in [6.45, 7) is 6.72. The van der Waals surface area contributed by atoms with E-state index in [0.29, 0.717) is 12.1 Å². The normalized spacial score (nSPS) is 13.3. The van der Waals surface area contributed by atoms with Crippen molar-refractivity contribution in [2.24, 2.45) is 0 Å². The Labute approximate surface area is 108 Å². The Balaban J connectivity index is 2.50. The number of hydrogen-bond donors (Lipinski definition) is 1. The summed E-state index contributed by atoms with van der Waals surface area (Å²) in [5.41, 5.74) is 0. The molecule has 0 aromatic carbocycles. The molecule has 1 rings (SSSR count). The van der Waals surface area contributed by atoms with Gasteiger partial charge in [-0.15, -0.1) is 11.3 Å². The van der Waals surface area contributed by atoms with Crippen molar-refractivity contribution in [1.29, 1.82) is 0 Å². The second-order valence-electron chi connectivity index (χ2n) is 4.30. The van der Waals surface area contributed by atoms with Crippen LogP contribution in [0.1, 0.15) is 57.4 Å². The van der Waals surface area contributed by atoms with Crippen LogP contribution >= 0.6 is 22.9 Å². The van der Waals surface area contributed by atoms with Crippen LogP contribution in [0.2, 0.25) is 4.34 Å². The maximum absolute atomic E-state index is 5.95. The van der Waals surface area contributed by atoms with Crippen LogP contribution < -0.4 is 5.32 Å². The third kappa shape index (κ3) is 4.44. The zero-order chi connectivity index (χ0) is 12.0. The molecule has 0 saturated heterocycles. The molecule has 1 nitrogen and oxygen atoms in total. The number of rotatable bonds is 7. The van der Waals surface area contributed by atoms with Gasteiger partial charge < -0.3 is 5.32 Å². The van der Waals surface area contributed by atoms with E-state index in [-0.39, 0.29) is 0 Å². The predicted octanol–water partition coefficient (Wildman–Crippen LogP) is 5.02. The third-order valence-corrected chi connectivity index (χ3v) is 4.19. The van der Waals surface area contributed by atoms with Gasteiger partial charge in [-0.2, -0.15) is 0 Å². The van der Waals surface area contributed by atoms with Gasteiger partial charge in [-0.1, -0.05) is 38.3 Å². The van der Waals surface area contributed by atoms with Crippen LogP contribution in [0, 0.1) is 0 Å². The Hall–Kier alpha value is -0.0500. The van der Waals surface area contributed by atoms with Crippen LogP contribution in [-0.2, 0) is 0 Å². The lowest BCUT2D eigenvalue weighted by Crippen LogP contribution is -2.30. The summed E-state index contributed by atoms with van der Waals surface area (Å²) in [5, 5.41) is 3.70. The van der Waals surface area contributed by atoms with Crippen molar-refractivity contribution in [3.8, 4) is 0 Å². The topological polar surface area (TPSA) is 12.0 Å². The van der Waals surface area contributed by atoms with E-state index in [1.807, 2.05) is 6.07 Å². The number of nitrogens with one attached hydrogen (secondary N) is 1. The van der Waals surface area contributed by atoms with Crippen molar-refractivity contribution in [2.75, 3.05) is 0 Å². The minimum absolute atomic E-state index is 0.417. The van der Waals surface area contributed by atoms with E-state index in [4.69, 9.17) is 11.6 Å². The van der Waals surface area contributed by atoms with Crippen molar-refractivity contribution < 1.29 is 0 Å². The first-order valence-electron chi connectivity index (χ1n) is 6.18. The van der Waals surface area contributed by atoms with Gasteiger partial charge in [0.25, 0.3) is 0 Å². The fraction of sp³-hybridized carbons (Fsp3) is 0.692. The molecular formula is C13H22ClNS. The lowest BCUT2D eigenvalue weighted by atomic mass is 10.1. The first kappa shape index (κ1) is 14.0. The average molecular weight is 260 g/mol. The van der Waals surface area contributed by atoms with Gasteiger partial charge in [0.1, 0.15) is 0 Å². The molecule has 0 bridgehead atoms. The van der Waals surface area contributed by atoms with Gasteiger partial charge in [0.15, 0.2) is 0 Å². The van der Waals surface area contributed by atoms with Crippen molar-refractivity contribution in [3.05, 3.63) is 21.3 Å². The second-order valence-corrected chi connectivity index (χ2v) is 6.05. The molecule has 1 atom stereocenters. The molecule has 1 heterocycles. The molecule has 1 aromatic heterocycles. The van der Waals surface area contributed by atoms with Gasteiger partial charge in [-0.3, -0.25) is 0 Å². The molecule has 1 N–H and O–H groups in total. The Bertz CT molecular complexity index is 292. The molecule has 0 amide bonds. The molecule has 92 valence electrons. The molecule has 1 unspecified atom stereocenters. The van der Waals surface area contributed by atoms with E-state index in [0.717, 1.165) is 4.34 Å². The van der Waals surface area contributed by atoms with Crippen LogP contribution in [0.4, 0.5) is 0 Å². The SMILES string of the molecule is CCCC(CCC)NC(C)c1ccc(Cl)s1. The third-order valence-electron chi connectivity index (χ3n) is 2.78. The van der Waals surface area contributed by atoms with E-state index in [1.165, 1.54) is 30.6 Å². The molecule has 0 aliphatic carbocycles. The zero-order valence-corrected chi connectivity index (χ0v) is 12.0. The fourth-order valence-corrected chi connectivity index (χ4v) is 3.08. The van der Waals surface area contributed by atoms with E-state index < -0.39 is 0 Å². The molecule has 0 aliphatic heterocycles. The summed E-state index contributed by atoms with van der Waals surface area (Å²) in [6, 6.07) is 5.17. The highest BCUT2D eigenvalue weighted by Gasteiger charge is 2.13. The maximum Gasteiger partial charge on any atom is 0.0931 e. The Morgan fingerprint density at radius 2 is 1.88 bits per heavy atom. The smallest absolute Gasteiger partial charge is 0.0931 e. The highest BCUT2D eigenvalue weighted by molar-refractivity contribution is 7.16. The van der Waals surface area contributed by atoms with E-state index in [9.17, 15) is 0 Å². The Kier molecular flexibility index (Phi) is 6.40. The van der Waals surface area contributed by atoms with Gasteiger partial charge in [0.2, 0.25) is 0 Å². The van der Waals surface area contributed by atoms with Crippen LogP contribution in [0.15, 0.2) is 12.1 Å². The summed E-state index contributed by atoms with van der Waals surface area (Å²) < 4.78 is 0.881. The summed E-state index contributed by atoms with van der Waals surface area (Å²) in [7, 11) is 0. The molecular weight excluding hydrogens is 238 g/mol. The van der Waals surface area contributed by atoms with Crippen molar-refractivity contribution in [2.45, 2.75) is 58.5 Å². The quantitative estimate of drug-likeness (QED) is 0.725. The molecule has 0 spiro atoms. The van der Waals surface area contributed by atoms with Crippen molar-refractivity contribution in [3.63, 3.8) is 0 Å². The summed E-state index contributed by atoms with van der Waals surface area (Å²) in [4.78, 5) is 1.34. The number of hydrogen-bond acceptors (Lipinski definition) is 2. The van der Waals surface area contributed by atoms with Gasteiger partial charge in [-0.25, -0.2) is 0 Å². The molecule has 0 radical (unpaired) electrons. The zero-order valence-electron chi connectivity index (χ0n) is 10.4. The minimum Gasteiger partial charge on any atom is -0.307 e. The van der Waals surface area contributed by atoms with E-state index >= 15 is 0 Å². The second kappa shape index (κ2) is 7.31. The predicted molar refractivity (Wildman–Crippen MR) is 74.5 cm³/mol. The van der Waals surface area contributed by atoms with E-state index in [2.05, 4.69) is 32.2 Å². The van der Waals surface area contributed by atoms with Gasteiger partial charge in [-0.05, 0) is 31.9 Å². The van der Waals surface area contributed by atoms with Gasteiger partial charge in [0, 0.05) is 17.0 Å². The highest BCUT2D eigenvalue weighted by Crippen LogP contribution is 2.27. The maximum atomic E-state index is 5.95. The summed E-state index contributed by atoms with van der Waals surface area (Å²) >= 11 is 7.63. The van der Waals surface area contributed by atoms with Crippen molar-refractivity contribution in [1.82, 2.24) is 5.32 Å². The van der Waals surface area contributed by atoms with Crippen LogP contribution in [0.3, 0.4) is 0 Å². The lowest BCUT2D eigenvalue weighted by molar-refractivity contribution is 0.405. The number of thiophene rings is 1. The first-order valence-corrected chi connectivity index (χ1v) is 7.38. The Morgan fingerprint density at radius 3 is 2.31 bits per heavy atom. The monoisotopic (exact) mass is 259 g/mol. The number of halogens is 1. The standard InChI is InChI=1S/C13H22ClNS/c1-4-6-11(7-5-2)15-10(3)12-8-9-13(14)16-12/h8-11,15H,4-7H2,1-3H3. The molecule has 16 heavy (non-hydrogen) atoms. The summed E-state index contributed by atoms with van der Waals surface area (Å²) in [5.74, 6) is 0. The minimum atomic E-state index is 0.417. The Morgan fingerprint density at radius 1 is 1.25 bits per heavy atom.